The van der Waals surface area contributed by atoms with E-state index in [4.69, 9.17) is 5.73 Å². The first kappa shape index (κ1) is 14.5. The Hall–Kier alpha value is -0.570. The van der Waals surface area contributed by atoms with Crippen LogP contribution in [0.1, 0.15) is 65.2 Å². The molecule has 0 spiro atoms. The summed E-state index contributed by atoms with van der Waals surface area (Å²) >= 11 is 0. The molecular weight excluding hydrogens is 212 g/mol. The summed E-state index contributed by atoms with van der Waals surface area (Å²) in [4.78, 5) is 14.3. The number of unbranched alkanes of at least 4 members (excludes halogenated alkanes) is 1. The third-order valence-electron chi connectivity index (χ3n) is 3.83. The van der Waals surface area contributed by atoms with E-state index in [1.807, 2.05) is 4.90 Å². The Morgan fingerprint density at radius 1 is 1.29 bits per heavy atom. The molecule has 1 amide bonds. The third-order valence-corrected chi connectivity index (χ3v) is 3.83. The minimum absolute atomic E-state index is 0.174. The van der Waals surface area contributed by atoms with Gasteiger partial charge in [0, 0.05) is 12.6 Å². The van der Waals surface area contributed by atoms with Gasteiger partial charge >= 0.3 is 0 Å². The number of amides is 1. The van der Waals surface area contributed by atoms with E-state index in [0.717, 1.165) is 25.8 Å². The Kier molecular flexibility index (Phi) is 6.56. The highest BCUT2D eigenvalue weighted by atomic mass is 16.2. The average Bonchev–Trinajstić information content (AvgIpc) is 2.38. The van der Waals surface area contributed by atoms with Crippen molar-refractivity contribution in [2.24, 2.45) is 5.73 Å². The summed E-state index contributed by atoms with van der Waals surface area (Å²) in [6.07, 6.45) is 9.17. The molecule has 0 radical (unpaired) electrons. The van der Waals surface area contributed by atoms with Gasteiger partial charge in [-0.05, 0) is 26.2 Å². The van der Waals surface area contributed by atoms with Gasteiger partial charge in [-0.25, -0.2) is 0 Å². The summed E-state index contributed by atoms with van der Waals surface area (Å²) in [7, 11) is 0. The second-order valence-corrected chi connectivity index (χ2v) is 5.16. The largest absolute Gasteiger partial charge is 0.339 e. The highest BCUT2D eigenvalue weighted by Gasteiger charge is 2.27. The molecule has 100 valence electrons. The molecular formula is C14H28N2O. The molecule has 1 fully saturated rings. The Morgan fingerprint density at radius 2 is 1.94 bits per heavy atom. The van der Waals surface area contributed by atoms with E-state index in [1.54, 1.807) is 0 Å². The van der Waals surface area contributed by atoms with Gasteiger partial charge in [-0.2, -0.15) is 0 Å². The van der Waals surface area contributed by atoms with Crippen molar-refractivity contribution in [3.05, 3.63) is 0 Å². The SMILES string of the molecule is CCCC[C@H](N)C(=O)N(CC)C1CCCCC1. The molecule has 17 heavy (non-hydrogen) atoms. The van der Waals surface area contributed by atoms with Crippen LogP contribution in [0.4, 0.5) is 0 Å². The summed E-state index contributed by atoms with van der Waals surface area (Å²) in [5, 5.41) is 0. The molecule has 3 heteroatoms. The molecule has 0 aromatic heterocycles. The maximum atomic E-state index is 12.3. The topological polar surface area (TPSA) is 46.3 Å². The average molecular weight is 240 g/mol. The predicted octanol–water partition coefficient (Wildman–Crippen LogP) is 2.69. The summed E-state index contributed by atoms with van der Waals surface area (Å²) in [5.74, 6) is 0.174. The minimum Gasteiger partial charge on any atom is -0.339 e. The number of carbonyl (C=O) groups excluding carboxylic acids is 1. The van der Waals surface area contributed by atoms with Crippen LogP contribution < -0.4 is 5.73 Å². The van der Waals surface area contributed by atoms with Crippen LogP contribution in [-0.4, -0.2) is 29.4 Å². The van der Waals surface area contributed by atoms with Crippen LogP contribution in [0.15, 0.2) is 0 Å². The van der Waals surface area contributed by atoms with E-state index < -0.39 is 0 Å². The lowest BCUT2D eigenvalue weighted by Gasteiger charge is -2.35. The fourth-order valence-electron chi connectivity index (χ4n) is 2.75. The zero-order valence-electron chi connectivity index (χ0n) is 11.5. The van der Waals surface area contributed by atoms with E-state index in [-0.39, 0.29) is 11.9 Å². The zero-order valence-corrected chi connectivity index (χ0v) is 11.5. The van der Waals surface area contributed by atoms with Crippen molar-refractivity contribution in [3.8, 4) is 0 Å². The Morgan fingerprint density at radius 3 is 2.47 bits per heavy atom. The van der Waals surface area contributed by atoms with Crippen LogP contribution in [0, 0.1) is 0 Å². The molecule has 1 saturated carbocycles. The van der Waals surface area contributed by atoms with Crippen molar-refractivity contribution in [2.75, 3.05) is 6.54 Å². The summed E-state index contributed by atoms with van der Waals surface area (Å²) < 4.78 is 0. The lowest BCUT2D eigenvalue weighted by molar-refractivity contribution is -0.135. The molecule has 1 aliphatic rings. The molecule has 0 bridgehead atoms. The van der Waals surface area contributed by atoms with E-state index in [1.165, 1.54) is 32.1 Å². The van der Waals surface area contributed by atoms with Gasteiger partial charge in [0.1, 0.15) is 0 Å². The van der Waals surface area contributed by atoms with E-state index in [2.05, 4.69) is 13.8 Å². The summed E-state index contributed by atoms with van der Waals surface area (Å²) in [6.45, 7) is 5.01. The van der Waals surface area contributed by atoms with Crippen LogP contribution in [0.2, 0.25) is 0 Å². The fourth-order valence-corrected chi connectivity index (χ4v) is 2.75. The first-order valence-electron chi connectivity index (χ1n) is 7.26. The van der Waals surface area contributed by atoms with Crippen molar-refractivity contribution in [2.45, 2.75) is 77.3 Å². The first-order chi connectivity index (χ1) is 8.20. The lowest BCUT2D eigenvalue weighted by Crippen LogP contribution is -2.49. The van der Waals surface area contributed by atoms with Crippen LogP contribution in [0.5, 0.6) is 0 Å². The number of hydrogen-bond donors (Lipinski definition) is 1. The van der Waals surface area contributed by atoms with Gasteiger partial charge < -0.3 is 10.6 Å². The van der Waals surface area contributed by atoms with Crippen LogP contribution in [0.3, 0.4) is 0 Å². The molecule has 1 atom stereocenters. The maximum absolute atomic E-state index is 12.3. The van der Waals surface area contributed by atoms with Crippen molar-refractivity contribution in [1.82, 2.24) is 4.90 Å². The number of carbonyl (C=O) groups is 1. The molecule has 1 rings (SSSR count). The van der Waals surface area contributed by atoms with Crippen LogP contribution in [0.25, 0.3) is 0 Å². The number of hydrogen-bond acceptors (Lipinski definition) is 2. The maximum Gasteiger partial charge on any atom is 0.239 e. The molecule has 0 aromatic carbocycles. The monoisotopic (exact) mass is 240 g/mol. The van der Waals surface area contributed by atoms with E-state index in [0.29, 0.717) is 6.04 Å². The normalized spacial score (nSPS) is 19.0. The van der Waals surface area contributed by atoms with Gasteiger partial charge in [-0.15, -0.1) is 0 Å². The molecule has 3 nitrogen and oxygen atoms in total. The second-order valence-electron chi connectivity index (χ2n) is 5.16. The summed E-state index contributed by atoms with van der Waals surface area (Å²) in [6, 6.07) is 0.172. The standard InChI is InChI=1S/C14H28N2O/c1-3-5-11-13(15)14(17)16(4-2)12-9-7-6-8-10-12/h12-13H,3-11,15H2,1-2H3/t13-/m0/s1. The Bertz CT molecular complexity index is 224. The molecule has 0 aliphatic heterocycles. The van der Waals surface area contributed by atoms with Crippen LogP contribution >= 0.6 is 0 Å². The number of rotatable bonds is 6. The predicted molar refractivity (Wildman–Crippen MR) is 71.8 cm³/mol. The number of nitrogens with two attached hydrogens (primary N) is 1. The number of likely N-dealkylation sites (N-methyl/N-ethyl adjacent to an activating group) is 1. The van der Waals surface area contributed by atoms with Crippen LogP contribution in [-0.2, 0) is 4.79 Å². The van der Waals surface area contributed by atoms with Crippen molar-refractivity contribution in [3.63, 3.8) is 0 Å². The Labute approximate surface area is 106 Å². The van der Waals surface area contributed by atoms with E-state index >= 15 is 0 Å². The molecule has 0 heterocycles. The number of nitrogens with zero attached hydrogens (tertiary/aromatic N) is 1. The van der Waals surface area contributed by atoms with Gasteiger partial charge in [0.25, 0.3) is 0 Å². The van der Waals surface area contributed by atoms with Gasteiger partial charge in [0.2, 0.25) is 5.91 Å². The lowest BCUT2D eigenvalue weighted by atomic mass is 9.93. The fraction of sp³-hybridized carbons (Fsp3) is 0.929. The molecule has 0 unspecified atom stereocenters. The molecule has 0 aromatic rings. The van der Waals surface area contributed by atoms with Gasteiger partial charge in [0.05, 0.1) is 6.04 Å². The Balaban J connectivity index is 2.49. The first-order valence-corrected chi connectivity index (χ1v) is 7.26. The van der Waals surface area contributed by atoms with Crippen molar-refractivity contribution in [1.29, 1.82) is 0 Å². The second kappa shape index (κ2) is 7.70. The molecule has 0 saturated heterocycles. The highest BCUT2D eigenvalue weighted by Crippen LogP contribution is 2.23. The van der Waals surface area contributed by atoms with Crippen molar-refractivity contribution >= 4 is 5.91 Å². The summed E-state index contributed by atoms with van der Waals surface area (Å²) in [5.41, 5.74) is 6.00. The minimum atomic E-state index is -0.281. The zero-order chi connectivity index (χ0) is 12.7. The molecule has 2 N–H and O–H groups in total. The van der Waals surface area contributed by atoms with Gasteiger partial charge in [-0.3, -0.25) is 4.79 Å². The van der Waals surface area contributed by atoms with E-state index in [9.17, 15) is 4.79 Å². The van der Waals surface area contributed by atoms with Gasteiger partial charge in [-0.1, -0.05) is 39.0 Å². The van der Waals surface area contributed by atoms with Gasteiger partial charge in [0.15, 0.2) is 0 Å². The highest BCUT2D eigenvalue weighted by molar-refractivity contribution is 5.81. The quantitative estimate of drug-likeness (QED) is 0.776. The van der Waals surface area contributed by atoms with Crippen molar-refractivity contribution < 1.29 is 4.79 Å². The third kappa shape index (κ3) is 4.30. The molecule has 1 aliphatic carbocycles. The smallest absolute Gasteiger partial charge is 0.239 e.